The van der Waals surface area contributed by atoms with Crippen LogP contribution in [0.25, 0.3) is 10.9 Å². The average molecular weight is 347 g/mol. The highest BCUT2D eigenvalue weighted by Gasteiger charge is 2.23. The highest BCUT2D eigenvalue weighted by Crippen LogP contribution is 2.23. The third kappa shape index (κ3) is 3.57. The van der Waals surface area contributed by atoms with Crippen molar-refractivity contribution in [3.63, 3.8) is 0 Å². The minimum atomic E-state index is -0.356. The second-order valence-electron chi connectivity index (χ2n) is 6.28. The number of rotatable bonds is 4. The van der Waals surface area contributed by atoms with Crippen molar-refractivity contribution in [2.45, 2.75) is 38.3 Å². The van der Waals surface area contributed by atoms with Crippen molar-refractivity contribution in [2.75, 3.05) is 6.54 Å². The average Bonchev–Trinajstić information content (AvgIpc) is 2.58. The van der Waals surface area contributed by atoms with E-state index in [1.807, 2.05) is 6.07 Å². The number of H-pyrrole nitrogens is 1. The second-order valence-corrected chi connectivity index (χ2v) is 6.67. The van der Waals surface area contributed by atoms with Crippen molar-refractivity contribution in [2.24, 2.45) is 5.92 Å². The summed E-state index contributed by atoms with van der Waals surface area (Å²) in [6, 6.07) is 7.08. The molecular formula is C17H21N3O3S. The minimum Gasteiger partial charge on any atom is -0.393 e. The predicted octanol–water partition coefficient (Wildman–Crippen LogP) is 1.73. The monoisotopic (exact) mass is 347 g/mol. The first-order valence-corrected chi connectivity index (χ1v) is 8.63. The Morgan fingerprint density at radius 1 is 1.33 bits per heavy atom. The molecule has 6 nitrogen and oxygen atoms in total. The summed E-state index contributed by atoms with van der Waals surface area (Å²) in [4.78, 5) is 27.7. The van der Waals surface area contributed by atoms with Gasteiger partial charge >= 0.3 is 0 Å². The van der Waals surface area contributed by atoms with Gasteiger partial charge in [-0.2, -0.15) is 0 Å². The lowest BCUT2D eigenvalue weighted by Crippen LogP contribution is -2.39. The minimum absolute atomic E-state index is 0.0885. The molecular weight excluding hydrogens is 326 g/mol. The van der Waals surface area contributed by atoms with E-state index in [0.717, 1.165) is 25.7 Å². The molecule has 0 aliphatic heterocycles. The van der Waals surface area contributed by atoms with E-state index in [2.05, 4.69) is 10.3 Å². The van der Waals surface area contributed by atoms with Crippen molar-refractivity contribution < 1.29 is 9.90 Å². The lowest BCUT2D eigenvalue weighted by molar-refractivity contribution is -0.122. The summed E-state index contributed by atoms with van der Waals surface area (Å²) in [6.45, 7) is 0.306. The lowest BCUT2D eigenvalue weighted by Gasteiger charge is -2.27. The molecule has 24 heavy (non-hydrogen) atoms. The Bertz CT molecular complexity index is 858. The molecule has 1 saturated carbocycles. The number of carbonyl (C=O) groups excluding carboxylic acids is 1. The standard InChI is InChI=1S/C17H21N3O3S/c21-14-8-4-1-5-11(14)9-18-15(22)10-20-16(23)12-6-2-3-7-13(12)19-17(20)24/h2-3,6-7,11,14,21H,1,4-5,8-10H2,(H,18,22)(H,19,24)/t11-,14+/m0/s1. The fourth-order valence-corrected chi connectivity index (χ4v) is 3.47. The van der Waals surface area contributed by atoms with Crippen molar-refractivity contribution in [3.8, 4) is 0 Å². The van der Waals surface area contributed by atoms with E-state index in [0.29, 0.717) is 17.4 Å². The van der Waals surface area contributed by atoms with Crippen LogP contribution in [0.1, 0.15) is 25.7 Å². The Morgan fingerprint density at radius 2 is 2.08 bits per heavy atom. The van der Waals surface area contributed by atoms with Gasteiger partial charge in [0.25, 0.3) is 5.56 Å². The molecule has 1 heterocycles. The Morgan fingerprint density at radius 3 is 2.88 bits per heavy atom. The number of amides is 1. The first-order valence-electron chi connectivity index (χ1n) is 8.23. The molecule has 1 aliphatic rings. The molecule has 128 valence electrons. The van der Waals surface area contributed by atoms with Crippen molar-refractivity contribution >= 4 is 29.0 Å². The summed E-state index contributed by atoms with van der Waals surface area (Å²) in [7, 11) is 0. The quantitative estimate of drug-likeness (QED) is 0.735. The van der Waals surface area contributed by atoms with Crippen LogP contribution in [-0.2, 0) is 11.3 Å². The van der Waals surface area contributed by atoms with E-state index in [-0.39, 0.29) is 34.8 Å². The normalized spacial score (nSPS) is 20.9. The van der Waals surface area contributed by atoms with Crippen LogP contribution in [0.4, 0.5) is 0 Å². The highest BCUT2D eigenvalue weighted by atomic mass is 32.1. The number of nitrogens with zero attached hydrogens (tertiary/aromatic N) is 1. The number of aliphatic hydroxyl groups is 1. The Balaban J connectivity index is 1.71. The van der Waals surface area contributed by atoms with E-state index in [1.54, 1.807) is 18.2 Å². The molecule has 0 radical (unpaired) electrons. The van der Waals surface area contributed by atoms with Crippen molar-refractivity contribution in [3.05, 3.63) is 39.4 Å². The second kappa shape index (κ2) is 7.27. The molecule has 7 heteroatoms. The van der Waals surface area contributed by atoms with Gasteiger partial charge in [-0.3, -0.25) is 14.2 Å². The van der Waals surface area contributed by atoms with Gasteiger partial charge in [-0.25, -0.2) is 0 Å². The van der Waals surface area contributed by atoms with Gasteiger partial charge in [-0.05, 0) is 37.2 Å². The van der Waals surface area contributed by atoms with Crippen LogP contribution in [0, 0.1) is 10.7 Å². The maximum Gasteiger partial charge on any atom is 0.262 e. The molecule has 1 fully saturated rings. The Labute approximate surface area is 144 Å². The zero-order valence-electron chi connectivity index (χ0n) is 13.3. The van der Waals surface area contributed by atoms with Crippen LogP contribution in [0.2, 0.25) is 0 Å². The van der Waals surface area contributed by atoms with E-state index in [4.69, 9.17) is 12.2 Å². The summed E-state index contributed by atoms with van der Waals surface area (Å²) >= 11 is 5.20. The maximum atomic E-state index is 12.5. The number of para-hydroxylation sites is 1. The summed E-state index contributed by atoms with van der Waals surface area (Å²) in [5.41, 5.74) is 0.386. The van der Waals surface area contributed by atoms with E-state index >= 15 is 0 Å². The molecule has 3 rings (SSSR count). The SMILES string of the molecule is O=C(Cn1c(=S)[nH]c2ccccc2c1=O)NC[C@@H]1CCCC[C@H]1O. The molecule has 0 bridgehead atoms. The van der Waals surface area contributed by atoms with Gasteiger partial charge in [-0.15, -0.1) is 0 Å². The zero-order chi connectivity index (χ0) is 17.1. The fraction of sp³-hybridized carbons (Fsp3) is 0.471. The first kappa shape index (κ1) is 16.9. The van der Waals surface area contributed by atoms with Crippen LogP contribution in [0.3, 0.4) is 0 Å². The van der Waals surface area contributed by atoms with E-state index in [9.17, 15) is 14.7 Å². The van der Waals surface area contributed by atoms with Gasteiger partial charge in [0.1, 0.15) is 6.54 Å². The number of fused-ring (bicyclic) bond motifs is 1. The number of aliphatic hydroxyl groups excluding tert-OH is 1. The van der Waals surface area contributed by atoms with Gasteiger partial charge < -0.3 is 15.4 Å². The summed E-state index contributed by atoms with van der Waals surface area (Å²) in [5, 5.41) is 13.3. The molecule has 1 aliphatic carbocycles. The molecule has 2 atom stereocenters. The number of aromatic nitrogens is 2. The van der Waals surface area contributed by atoms with Crippen molar-refractivity contribution in [1.29, 1.82) is 0 Å². The van der Waals surface area contributed by atoms with Gasteiger partial charge in [0.05, 0.1) is 17.0 Å². The third-order valence-corrected chi connectivity index (χ3v) is 4.94. The summed E-state index contributed by atoms with van der Waals surface area (Å²) in [5.74, 6) is -0.185. The molecule has 1 aromatic carbocycles. The Hall–Kier alpha value is -1.99. The zero-order valence-corrected chi connectivity index (χ0v) is 14.1. The number of carbonyl (C=O) groups is 1. The van der Waals surface area contributed by atoms with Crippen LogP contribution in [0.5, 0.6) is 0 Å². The molecule has 0 saturated heterocycles. The molecule has 3 N–H and O–H groups in total. The molecule has 0 unspecified atom stereocenters. The lowest BCUT2D eigenvalue weighted by atomic mass is 9.86. The van der Waals surface area contributed by atoms with Crippen molar-refractivity contribution in [1.82, 2.24) is 14.9 Å². The van der Waals surface area contributed by atoms with Crippen LogP contribution in [0.15, 0.2) is 29.1 Å². The topological polar surface area (TPSA) is 87.1 Å². The summed E-state index contributed by atoms with van der Waals surface area (Å²) < 4.78 is 1.50. The van der Waals surface area contributed by atoms with Crippen LogP contribution < -0.4 is 10.9 Å². The number of hydrogen-bond acceptors (Lipinski definition) is 4. The van der Waals surface area contributed by atoms with E-state index in [1.165, 1.54) is 4.57 Å². The largest absolute Gasteiger partial charge is 0.393 e. The highest BCUT2D eigenvalue weighted by molar-refractivity contribution is 7.71. The molecule has 1 amide bonds. The number of benzene rings is 1. The number of aromatic amines is 1. The number of nitrogens with one attached hydrogen (secondary N) is 2. The fourth-order valence-electron chi connectivity index (χ4n) is 3.21. The Kier molecular flexibility index (Phi) is 5.11. The maximum absolute atomic E-state index is 12.5. The van der Waals surface area contributed by atoms with Gasteiger partial charge in [-0.1, -0.05) is 25.0 Å². The van der Waals surface area contributed by atoms with Gasteiger partial charge in [0.2, 0.25) is 5.91 Å². The molecule has 0 spiro atoms. The predicted molar refractivity (Wildman–Crippen MR) is 94.4 cm³/mol. The molecule has 1 aromatic heterocycles. The van der Waals surface area contributed by atoms with Crippen LogP contribution in [-0.4, -0.2) is 33.2 Å². The number of hydrogen-bond donors (Lipinski definition) is 3. The van der Waals surface area contributed by atoms with Gasteiger partial charge in [0.15, 0.2) is 4.77 Å². The van der Waals surface area contributed by atoms with Gasteiger partial charge in [0, 0.05) is 12.5 Å². The smallest absolute Gasteiger partial charge is 0.262 e. The molecule has 2 aromatic rings. The van der Waals surface area contributed by atoms with E-state index < -0.39 is 0 Å². The first-order chi connectivity index (χ1) is 11.6. The summed E-state index contributed by atoms with van der Waals surface area (Å²) in [6.07, 6.45) is 3.46. The third-order valence-electron chi connectivity index (χ3n) is 4.62. The van der Waals surface area contributed by atoms with Crippen LogP contribution >= 0.6 is 12.2 Å².